The van der Waals surface area contributed by atoms with Gasteiger partial charge in [0, 0.05) is 11.6 Å². The summed E-state index contributed by atoms with van der Waals surface area (Å²) in [5, 5.41) is 9.60. The molecule has 0 radical (unpaired) electrons. The number of rotatable bonds is 1. The lowest BCUT2D eigenvalue weighted by atomic mass is 9.82. The molecule has 16 heavy (non-hydrogen) atoms. The van der Waals surface area contributed by atoms with Crippen molar-refractivity contribution in [2.75, 3.05) is 0 Å². The van der Waals surface area contributed by atoms with Gasteiger partial charge in [0.1, 0.15) is 0 Å². The summed E-state index contributed by atoms with van der Waals surface area (Å²) in [5.74, 6) is -0.937. The zero-order chi connectivity index (χ0) is 11.8. The van der Waals surface area contributed by atoms with E-state index in [0.717, 1.165) is 5.56 Å². The Morgan fingerprint density at radius 3 is 2.25 bits per heavy atom. The van der Waals surface area contributed by atoms with Gasteiger partial charge in [0.15, 0.2) is 11.6 Å². The molecular weight excluding hydrogens is 229 g/mol. The van der Waals surface area contributed by atoms with Gasteiger partial charge in [-0.1, -0.05) is 26.8 Å². The fourth-order valence-electron chi connectivity index (χ4n) is 1.47. The topological polar surface area (TPSA) is 46.2 Å². The lowest BCUT2D eigenvalue weighted by Crippen LogP contribution is -2.26. The number of phenols is 1. The minimum Gasteiger partial charge on any atom is -0.505 e. The van der Waals surface area contributed by atoms with Gasteiger partial charge in [-0.2, -0.15) is 0 Å². The van der Waals surface area contributed by atoms with Crippen LogP contribution in [0.5, 0.6) is 5.75 Å². The number of aromatic hydroxyl groups is 1. The summed E-state index contributed by atoms with van der Waals surface area (Å²) in [7, 11) is 0. The maximum absolute atomic E-state index is 13.3. The fraction of sp³-hybridized carbons (Fsp3) is 0.500. The molecule has 1 aromatic rings. The average molecular weight is 248 g/mol. The lowest BCUT2D eigenvalue weighted by Gasteiger charge is -2.28. The number of hydrogen-bond acceptors (Lipinski definition) is 2. The van der Waals surface area contributed by atoms with Gasteiger partial charge in [-0.05, 0) is 24.0 Å². The van der Waals surface area contributed by atoms with Crippen LogP contribution in [0.2, 0.25) is 0 Å². The van der Waals surface area contributed by atoms with Crippen LogP contribution in [0.3, 0.4) is 0 Å². The van der Waals surface area contributed by atoms with Crippen molar-refractivity contribution in [2.45, 2.75) is 33.7 Å². The minimum atomic E-state index is -0.607. The number of phenolic OH excluding ortho intramolecular Hbond substituents is 1. The number of aryl methyl sites for hydroxylation is 1. The summed E-state index contributed by atoms with van der Waals surface area (Å²) in [6.45, 7) is 7.65. The zero-order valence-electron chi connectivity index (χ0n) is 10.0. The van der Waals surface area contributed by atoms with Gasteiger partial charge in [-0.3, -0.25) is 0 Å². The van der Waals surface area contributed by atoms with Crippen LogP contribution in [0, 0.1) is 18.2 Å². The van der Waals surface area contributed by atoms with E-state index in [1.807, 2.05) is 20.8 Å². The quantitative estimate of drug-likeness (QED) is 0.800. The van der Waals surface area contributed by atoms with E-state index in [0.29, 0.717) is 5.56 Å². The highest BCUT2D eigenvalue weighted by atomic mass is 35.5. The lowest BCUT2D eigenvalue weighted by molar-refractivity contribution is 0.313. The highest BCUT2D eigenvalue weighted by Crippen LogP contribution is 2.36. The van der Waals surface area contributed by atoms with Crippen molar-refractivity contribution in [3.05, 3.63) is 29.1 Å². The summed E-state index contributed by atoms with van der Waals surface area (Å²) in [6, 6.07) is 2.65. The van der Waals surface area contributed by atoms with Crippen molar-refractivity contribution >= 4 is 12.4 Å². The van der Waals surface area contributed by atoms with Gasteiger partial charge in [0.2, 0.25) is 0 Å². The molecule has 0 aromatic heterocycles. The predicted molar refractivity (Wildman–Crippen MR) is 66.4 cm³/mol. The molecule has 0 aliphatic carbocycles. The fourth-order valence-corrected chi connectivity index (χ4v) is 1.47. The van der Waals surface area contributed by atoms with E-state index < -0.39 is 5.82 Å². The van der Waals surface area contributed by atoms with Crippen molar-refractivity contribution in [2.24, 2.45) is 11.1 Å². The standard InChI is InChI=1S/C12H18FNO.ClH/c1-7-5-8(10(15)9(13)6-7)11(14)12(2,3)4;/h5-6,11,15H,14H2,1-4H3;1H/t11-;/m1./s1. The third-order valence-corrected chi connectivity index (χ3v) is 2.51. The molecule has 0 saturated heterocycles. The molecule has 0 aliphatic rings. The molecule has 0 fully saturated rings. The molecule has 0 amide bonds. The summed E-state index contributed by atoms with van der Waals surface area (Å²) < 4.78 is 13.3. The van der Waals surface area contributed by atoms with Crippen LogP contribution >= 0.6 is 12.4 Å². The molecule has 1 aromatic carbocycles. The summed E-state index contributed by atoms with van der Waals surface area (Å²) in [5.41, 5.74) is 7.01. The molecule has 0 heterocycles. The molecule has 0 aliphatic heterocycles. The molecule has 1 rings (SSSR count). The van der Waals surface area contributed by atoms with Crippen LogP contribution in [0.15, 0.2) is 12.1 Å². The largest absolute Gasteiger partial charge is 0.505 e. The van der Waals surface area contributed by atoms with E-state index in [1.54, 1.807) is 13.0 Å². The molecule has 0 saturated carbocycles. The van der Waals surface area contributed by atoms with Crippen LogP contribution < -0.4 is 5.73 Å². The first-order chi connectivity index (χ1) is 6.73. The van der Waals surface area contributed by atoms with Crippen LogP contribution in [0.1, 0.15) is 37.9 Å². The van der Waals surface area contributed by atoms with Gasteiger partial charge in [0.05, 0.1) is 0 Å². The van der Waals surface area contributed by atoms with Crippen LogP contribution in [0.4, 0.5) is 4.39 Å². The van der Waals surface area contributed by atoms with E-state index in [-0.39, 0.29) is 29.6 Å². The van der Waals surface area contributed by atoms with Gasteiger partial charge < -0.3 is 10.8 Å². The average Bonchev–Trinajstić information content (AvgIpc) is 2.08. The normalized spacial score (nSPS) is 13.1. The number of hydrogen-bond donors (Lipinski definition) is 2. The second-order valence-electron chi connectivity index (χ2n) is 5.03. The van der Waals surface area contributed by atoms with Crippen molar-refractivity contribution in [1.82, 2.24) is 0 Å². The third-order valence-electron chi connectivity index (χ3n) is 2.51. The number of benzene rings is 1. The monoisotopic (exact) mass is 247 g/mol. The Morgan fingerprint density at radius 2 is 1.81 bits per heavy atom. The molecule has 0 bridgehead atoms. The molecule has 0 spiro atoms. The Balaban J connectivity index is 0.00000225. The molecule has 1 atom stereocenters. The third kappa shape index (κ3) is 3.09. The smallest absolute Gasteiger partial charge is 0.165 e. The van der Waals surface area contributed by atoms with Crippen molar-refractivity contribution < 1.29 is 9.50 Å². The second-order valence-corrected chi connectivity index (χ2v) is 5.03. The Bertz CT molecular complexity index is 374. The second kappa shape index (κ2) is 5.02. The maximum atomic E-state index is 13.3. The summed E-state index contributed by atoms with van der Waals surface area (Å²) in [6.07, 6.45) is 0. The van der Waals surface area contributed by atoms with Crippen LogP contribution in [-0.4, -0.2) is 5.11 Å². The van der Waals surface area contributed by atoms with E-state index in [2.05, 4.69) is 0 Å². The Kier molecular flexibility index (Phi) is 4.77. The Hall–Kier alpha value is -0.800. The Morgan fingerprint density at radius 1 is 1.31 bits per heavy atom. The van der Waals surface area contributed by atoms with Gasteiger partial charge >= 0.3 is 0 Å². The van der Waals surface area contributed by atoms with E-state index in [4.69, 9.17) is 5.73 Å². The highest BCUT2D eigenvalue weighted by Gasteiger charge is 2.26. The van der Waals surface area contributed by atoms with Crippen molar-refractivity contribution in [3.63, 3.8) is 0 Å². The van der Waals surface area contributed by atoms with Gasteiger partial charge in [0.25, 0.3) is 0 Å². The van der Waals surface area contributed by atoms with E-state index >= 15 is 0 Å². The van der Waals surface area contributed by atoms with Crippen LogP contribution in [0.25, 0.3) is 0 Å². The predicted octanol–water partition coefficient (Wildman–Crippen LogP) is 3.31. The van der Waals surface area contributed by atoms with Gasteiger partial charge in [-0.15, -0.1) is 12.4 Å². The molecule has 92 valence electrons. The maximum Gasteiger partial charge on any atom is 0.165 e. The van der Waals surface area contributed by atoms with Gasteiger partial charge in [-0.25, -0.2) is 4.39 Å². The van der Waals surface area contributed by atoms with E-state index in [9.17, 15) is 9.50 Å². The zero-order valence-corrected chi connectivity index (χ0v) is 10.9. The minimum absolute atomic E-state index is 0. The first-order valence-corrected chi connectivity index (χ1v) is 4.98. The SMILES string of the molecule is Cc1cc(F)c(O)c([C@@H](N)C(C)(C)C)c1.Cl. The number of nitrogens with two attached hydrogens (primary N) is 1. The number of halogens is 2. The molecule has 0 unspecified atom stereocenters. The van der Waals surface area contributed by atoms with E-state index in [1.165, 1.54) is 6.07 Å². The molecule has 4 heteroatoms. The molecule has 2 nitrogen and oxygen atoms in total. The van der Waals surface area contributed by atoms with Crippen LogP contribution in [-0.2, 0) is 0 Å². The molecule has 3 N–H and O–H groups in total. The summed E-state index contributed by atoms with van der Waals surface area (Å²) in [4.78, 5) is 0. The Labute approximate surface area is 102 Å². The summed E-state index contributed by atoms with van der Waals surface area (Å²) >= 11 is 0. The first kappa shape index (κ1) is 15.2. The first-order valence-electron chi connectivity index (χ1n) is 4.98. The molecular formula is C12H19ClFNO. The highest BCUT2D eigenvalue weighted by molar-refractivity contribution is 5.85. The van der Waals surface area contributed by atoms with Crippen molar-refractivity contribution in [1.29, 1.82) is 0 Å². The van der Waals surface area contributed by atoms with Crippen molar-refractivity contribution in [3.8, 4) is 5.75 Å².